The predicted molar refractivity (Wildman–Crippen MR) is 108 cm³/mol. The van der Waals surface area contributed by atoms with Crippen molar-refractivity contribution in [2.45, 2.75) is 6.92 Å². The average Bonchev–Trinajstić information content (AvgIpc) is 3.34. The van der Waals surface area contributed by atoms with Crippen molar-refractivity contribution in [1.29, 1.82) is 0 Å². The van der Waals surface area contributed by atoms with Crippen LogP contribution in [0.25, 0.3) is 16.2 Å². The summed E-state index contributed by atoms with van der Waals surface area (Å²) >= 11 is 1.38. The fourth-order valence-corrected chi connectivity index (χ4v) is 3.48. The molecule has 3 aromatic heterocycles. The Morgan fingerprint density at radius 1 is 1.29 bits per heavy atom. The maximum absolute atomic E-state index is 11.8. The number of thiophene rings is 1. The summed E-state index contributed by atoms with van der Waals surface area (Å²) in [7, 11) is 3.29. The van der Waals surface area contributed by atoms with Gasteiger partial charge in [-0.2, -0.15) is 0 Å². The lowest BCUT2D eigenvalue weighted by atomic mass is 10.3. The number of likely N-dealkylation sites (N-methyl/N-ethyl adjacent to an activating group) is 1. The van der Waals surface area contributed by atoms with Crippen LogP contribution in [0.5, 0.6) is 0 Å². The van der Waals surface area contributed by atoms with E-state index in [0.29, 0.717) is 36.0 Å². The standard InChI is InChI=1S/C18H22N6O3S/c1-4-27-18(26)23(3)10-9-20-15-7-8-16-21-11-12(24(16)22-15)13-5-6-14(28-13)17(25)19-2/h5-8,11H,4,9-10H2,1-3H3,(H,19,25)(H,20,22). The van der Waals surface area contributed by atoms with Crippen LogP contribution in [0.4, 0.5) is 10.6 Å². The molecular weight excluding hydrogens is 380 g/mol. The van der Waals surface area contributed by atoms with Gasteiger partial charge in [0, 0.05) is 27.2 Å². The summed E-state index contributed by atoms with van der Waals surface area (Å²) < 4.78 is 6.68. The molecule has 0 radical (unpaired) electrons. The molecule has 3 heterocycles. The summed E-state index contributed by atoms with van der Waals surface area (Å²) in [6.07, 6.45) is 1.38. The molecule has 0 aliphatic heterocycles. The van der Waals surface area contributed by atoms with E-state index >= 15 is 0 Å². The van der Waals surface area contributed by atoms with Crippen LogP contribution in [0.15, 0.2) is 30.5 Å². The van der Waals surface area contributed by atoms with Crippen LogP contribution in [-0.4, -0.2) is 65.3 Å². The lowest BCUT2D eigenvalue weighted by Crippen LogP contribution is -2.32. The molecule has 0 unspecified atom stereocenters. The van der Waals surface area contributed by atoms with Crippen LogP contribution in [0.1, 0.15) is 16.6 Å². The van der Waals surface area contributed by atoms with Crippen LogP contribution >= 0.6 is 11.3 Å². The van der Waals surface area contributed by atoms with Crippen LogP contribution in [-0.2, 0) is 4.74 Å². The Morgan fingerprint density at radius 3 is 2.86 bits per heavy atom. The van der Waals surface area contributed by atoms with Crippen molar-refractivity contribution >= 4 is 34.8 Å². The van der Waals surface area contributed by atoms with E-state index in [0.717, 1.165) is 10.6 Å². The van der Waals surface area contributed by atoms with Gasteiger partial charge in [-0.15, -0.1) is 16.4 Å². The lowest BCUT2D eigenvalue weighted by molar-refractivity contribution is 0.0967. The van der Waals surface area contributed by atoms with E-state index < -0.39 is 0 Å². The van der Waals surface area contributed by atoms with E-state index in [2.05, 4.69) is 20.7 Å². The number of hydrogen-bond donors (Lipinski definition) is 2. The molecule has 3 aromatic rings. The van der Waals surface area contributed by atoms with Gasteiger partial charge < -0.3 is 20.3 Å². The minimum atomic E-state index is -0.353. The SMILES string of the molecule is CCOC(=O)N(C)CCNc1ccc2ncc(-c3ccc(C(=O)NC)s3)n2n1. The second-order valence-electron chi connectivity index (χ2n) is 5.92. The molecule has 3 rings (SSSR count). The van der Waals surface area contributed by atoms with Crippen molar-refractivity contribution < 1.29 is 14.3 Å². The molecule has 0 fully saturated rings. The Balaban J connectivity index is 1.73. The van der Waals surface area contributed by atoms with Gasteiger partial charge in [-0.25, -0.2) is 14.3 Å². The van der Waals surface area contributed by atoms with Gasteiger partial charge in [-0.1, -0.05) is 0 Å². The van der Waals surface area contributed by atoms with Crippen molar-refractivity contribution in [3.8, 4) is 10.6 Å². The van der Waals surface area contributed by atoms with E-state index in [9.17, 15) is 9.59 Å². The topological polar surface area (TPSA) is 101 Å². The van der Waals surface area contributed by atoms with Crippen molar-refractivity contribution in [2.75, 3.05) is 39.1 Å². The molecule has 9 nitrogen and oxygen atoms in total. The Morgan fingerprint density at radius 2 is 2.11 bits per heavy atom. The first-order valence-electron chi connectivity index (χ1n) is 8.82. The van der Waals surface area contributed by atoms with E-state index in [1.54, 1.807) is 37.8 Å². The number of nitrogens with zero attached hydrogens (tertiary/aromatic N) is 4. The third-order valence-electron chi connectivity index (χ3n) is 4.00. The Kier molecular flexibility index (Phi) is 6.09. The number of carbonyl (C=O) groups excluding carboxylic acids is 2. The highest BCUT2D eigenvalue weighted by atomic mass is 32.1. The normalized spacial score (nSPS) is 10.7. The first-order chi connectivity index (χ1) is 13.5. The van der Waals surface area contributed by atoms with Gasteiger partial charge in [0.25, 0.3) is 5.91 Å². The summed E-state index contributed by atoms with van der Waals surface area (Å²) in [4.78, 5) is 30.8. The van der Waals surface area contributed by atoms with Crippen LogP contribution in [0, 0.1) is 0 Å². The minimum Gasteiger partial charge on any atom is -0.450 e. The number of ether oxygens (including phenoxy) is 1. The lowest BCUT2D eigenvalue weighted by Gasteiger charge is -2.16. The van der Waals surface area contributed by atoms with Crippen molar-refractivity contribution in [1.82, 2.24) is 24.8 Å². The van der Waals surface area contributed by atoms with Crippen LogP contribution < -0.4 is 10.6 Å². The Labute approximate surface area is 166 Å². The van der Waals surface area contributed by atoms with E-state index in [-0.39, 0.29) is 12.0 Å². The third kappa shape index (κ3) is 4.22. The number of hydrogen-bond acceptors (Lipinski definition) is 7. The molecule has 0 atom stereocenters. The second-order valence-corrected chi connectivity index (χ2v) is 7.01. The van der Waals surface area contributed by atoms with Gasteiger partial charge in [0.2, 0.25) is 0 Å². The third-order valence-corrected chi connectivity index (χ3v) is 5.11. The van der Waals surface area contributed by atoms with Gasteiger partial charge in [0.1, 0.15) is 11.5 Å². The highest BCUT2D eigenvalue weighted by molar-refractivity contribution is 7.17. The van der Waals surface area contributed by atoms with E-state index in [4.69, 9.17) is 4.74 Å². The first-order valence-corrected chi connectivity index (χ1v) is 9.64. The quantitative estimate of drug-likeness (QED) is 0.629. The molecule has 2 N–H and O–H groups in total. The average molecular weight is 402 g/mol. The largest absolute Gasteiger partial charge is 0.450 e. The van der Waals surface area contributed by atoms with Crippen molar-refractivity contribution in [3.05, 3.63) is 35.3 Å². The number of anilines is 1. The second kappa shape index (κ2) is 8.70. The van der Waals surface area contributed by atoms with E-state index in [1.807, 2.05) is 18.2 Å². The summed E-state index contributed by atoms with van der Waals surface area (Å²) in [6.45, 7) is 3.13. The van der Waals surface area contributed by atoms with Gasteiger partial charge in [-0.05, 0) is 31.2 Å². The molecule has 0 aliphatic rings. The number of fused-ring (bicyclic) bond motifs is 1. The fraction of sp³-hybridized carbons (Fsp3) is 0.333. The number of rotatable bonds is 7. The molecule has 0 aliphatic carbocycles. The minimum absolute atomic E-state index is 0.119. The monoisotopic (exact) mass is 402 g/mol. The zero-order valence-corrected chi connectivity index (χ0v) is 16.7. The highest BCUT2D eigenvalue weighted by Crippen LogP contribution is 2.28. The number of amides is 2. The molecule has 0 saturated heterocycles. The molecule has 0 saturated carbocycles. The maximum atomic E-state index is 11.8. The molecule has 0 bridgehead atoms. The molecule has 0 aromatic carbocycles. The van der Waals surface area contributed by atoms with Crippen LogP contribution in [0.3, 0.4) is 0 Å². The zero-order valence-electron chi connectivity index (χ0n) is 15.9. The molecular formula is C18H22N6O3S. The van der Waals surface area contributed by atoms with Crippen molar-refractivity contribution in [3.63, 3.8) is 0 Å². The fourth-order valence-electron chi connectivity index (χ4n) is 2.53. The highest BCUT2D eigenvalue weighted by Gasteiger charge is 2.13. The predicted octanol–water partition coefficient (Wildman–Crippen LogP) is 2.32. The number of nitrogens with one attached hydrogen (secondary N) is 2. The number of aromatic nitrogens is 3. The van der Waals surface area contributed by atoms with Gasteiger partial charge in [0.15, 0.2) is 5.65 Å². The smallest absolute Gasteiger partial charge is 0.409 e. The Hall–Kier alpha value is -3.14. The van der Waals surface area contributed by atoms with Gasteiger partial charge >= 0.3 is 6.09 Å². The zero-order chi connectivity index (χ0) is 20.1. The van der Waals surface area contributed by atoms with Gasteiger partial charge in [-0.3, -0.25) is 4.79 Å². The summed E-state index contributed by atoms with van der Waals surface area (Å²) in [5.74, 6) is 0.540. The van der Waals surface area contributed by atoms with Gasteiger partial charge in [0.05, 0.1) is 22.6 Å². The van der Waals surface area contributed by atoms with Crippen molar-refractivity contribution in [2.24, 2.45) is 0 Å². The number of carbonyl (C=O) groups is 2. The summed E-state index contributed by atoms with van der Waals surface area (Å²) in [5, 5.41) is 10.4. The maximum Gasteiger partial charge on any atom is 0.409 e. The molecule has 2 amide bonds. The molecule has 10 heteroatoms. The molecule has 0 spiro atoms. The Bertz CT molecular complexity index is 983. The molecule has 148 valence electrons. The van der Waals surface area contributed by atoms with E-state index in [1.165, 1.54) is 16.2 Å². The summed E-state index contributed by atoms with van der Waals surface area (Å²) in [5.41, 5.74) is 1.52. The first kappa shape index (κ1) is 19.6. The van der Waals surface area contributed by atoms with Crippen LogP contribution in [0.2, 0.25) is 0 Å². The summed E-state index contributed by atoms with van der Waals surface area (Å²) in [6, 6.07) is 7.36. The molecule has 28 heavy (non-hydrogen) atoms. The number of imidazole rings is 1.